The third-order valence-corrected chi connectivity index (χ3v) is 26.4. The van der Waals surface area contributed by atoms with Crippen molar-refractivity contribution >= 4 is 67.7 Å². The van der Waals surface area contributed by atoms with Crippen molar-refractivity contribution in [1.82, 2.24) is 29.1 Å². The number of amides is 1. The number of aryl methyl sites for hydroxylation is 1. The Morgan fingerprint density at radius 2 is 1.51 bits per heavy atom. The van der Waals surface area contributed by atoms with Gasteiger partial charge in [0.1, 0.15) is 24.3 Å². The minimum atomic E-state index is -4.96. The second kappa shape index (κ2) is 21.6. The largest absolute Gasteiger partial charge is 0.523 e. The van der Waals surface area contributed by atoms with Crippen LogP contribution in [0.25, 0.3) is 11.2 Å². The molecule has 2 aliphatic rings. The van der Waals surface area contributed by atoms with Gasteiger partial charge in [-0.1, -0.05) is 120 Å². The zero-order valence-electron chi connectivity index (χ0n) is 43.1. The lowest BCUT2D eigenvalue weighted by molar-refractivity contribution is -0.186. The van der Waals surface area contributed by atoms with Gasteiger partial charge in [-0.2, -0.15) is 4.98 Å². The standard InChI is InChI=1S/C50H64N7O14PSSi2/c1-31-27-56(47(62)55-43(31)59)38-25-35(70-74(8,9)48(2,3)4)41(69-38)45(61)73-72(64,65)71-50(63)26-39(57-30-51-40-42(57)53-46(54-44(40)60)52-37(58)29-66-32-19-13-10-14-20-32)68-36(50)28-67-75(49(5,6)7,33-21-15-11-16-22-33)34-23-17-12-18-24-34/h10-24,27,30,35-36,38-39,41,45,61,63H,25-26,28-29H2,1-9H3,(H4-,52,53,54,55,58,59,60,62,64,65)/p+1/t35-,36+,38+,39+,41-,45?,50+/m0/s1. The van der Waals surface area contributed by atoms with Crippen LogP contribution in [-0.4, -0.2) is 114 Å². The summed E-state index contributed by atoms with van der Waals surface area (Å²) in [5.74, 6) is -3.01. The number of imidazole rings is 1. The molecule has 0 spiro atoms. The number of H-pyrrole nitrogens is 2. The van der Waals surface area contributed by atoms with Crippen LogP contribution in [0.15, 0.2) is 118 Å². The molecule has 6 aromatic rings. The van der Waals surface area contributed by atoms with E-state index >= 15 is 0 Å². The molecular weight excluding hydrogens is 1040 g/mol. The number of hydrogen-bond donors (Lipinski definition) is 7. The van der Waals surface area contributed by atoms with Gasteiger partial charge >= 0.3 is 17.8 Å². The van der Waals surface area contributed by atoms with Crippen molar-refractivity contribution in [2.24, 2.45) is 0 Å². The van der Waals surface area contributed by atoms with E-state index in [-0.39, 0.29) is 51.7 Å². The Bertz CT molecular complexity index is 3200. The minimum Gasteiger partial charge on any atom is -0.484 e. The van der Waals surface area contributed by atoms with Crippen LogP contribution in [0.1, 0.15) is 72.4 Å². The molecule has 1 amide bonds. The van der Waals surface area contributed by atoms with Crippen LogP contribution in [0.5, 0.6) is 5.75 Å². The molecule has 75 heavy (non-hydrogen) atoms. The predicted octanol–water partition coefficient (Wildman–Crippen LogP) is 4.31. The van der Waals surface area contributed by atoms with E-state index in [0.717, 1.165) is 10.4 Å². The third-order valence-electron chi connectivity index (χ3n) is 13.9. The lowest BCUT2D eigenvalue weighted by Gasteiger charge is -2.44. The molecule has 5 heterocycles. The molecule has 0 saturated carbocycles. The summed E-state index contributed by atoms with van der Waals surface area (Å²) in [5.41, 5.74) is -3.77. The molecule has 2 aliphatic heterocycles. The average Bonchev–Trinajstić information content (AvgIpc) is 4.04. The fraction of sp³-hybridized carbons (Fsp3) is 0.440. The Morgan fingerprint density at radius 3 is 2.11 bits per heavy atom. The Morgan fingerprint density at radius 1 is 0.893 bits per heavy atom. The molecule has 7 atom stereocenters. The van der Waals surface area contributed by atoms with Gasteiger partial charge in [0.05, 0.1) is 25.5 Å². The normalized spacial score (nSPS) is 22.1. The number of rotatable bonds is 17. The molecule has 0 bridgehead atoms. The van der Waals surface area contributed by atoms with E-state index in [4.69, 9.17) is 27.6 Å². The van der Waals surface area contributed by atoms with E-state index in [2.05, 4.69) is 46.0 Å². The second-order valence-electron chi connectivity index (χ2n) is 21.3. The van der Waals surface area contributed by atoms with Gasteiger partial charge in [0.25, 0.3) is 36.3 Å². The zero-order valence-corrected chi connectivity index (χ0v) is 46.8. The second-order valence-corrected chi connectivity index (χ2v) is 34.2. The van der Waals surface area contributed by atoms with Crippen molar-refractivity contribution in [1.29, 1.82) is 0 Å². The van der Waals surface area contributed by atoms with Crippen molar-refractivity contribution in [3.8, 4) is 5.75 Å². The predicted molar refractivity (Wildman–Crippen MR) is 288 cm³/mol. The van der Waals surface area contributed by atoms with Crippen LogP contribution in [0, 0.1) is 6.92 Å². The summed E-state index contributed by atoms with van der Waals surface area (Å²) >= 11 is 0. The van der Waals surface area contributed by atoms with Gasteiger partial charge in [-0.05, 0) is 52.6 Å². The number of carbonyl (C=O) groups is 1. The summed E-state index contributed by atoms with van der Waals surface area (Å²) in [4.78, 5) is 89.4. The maximum absolute atomic E-state index is 13.4. The number of nitrogens with zero attached hydrogens (tertiary/aromatic N) is 4. The number of para-hydroxylation sites is 1. The van der Waals surface area contributed by atoms with Gasteiger partial charge in [0.2, 0.25) is 11.7 Å². The smallest absolute Gasteiger partial charge is 0.484 e. The summed E-state index contributed by atoms with van der Waals surface area (Å²) in [6.45, 7) is 12.1. The van der Waals surface area contributed by atoms with Crippen molar-refractivity contribution in [3.05, 3.63) is 140 Å². The van der Waals surface area contributed by atoms with E-state index in [1.807, 2.05) is 94.5 Å². The SMILES string of the molecule is Cc1cn([C@H]2C[C@H](O[Si](C)(C)C(C)(C)C)[C@@H](C(O)[S+]=P(O)(O)O[C@]3(O)C[C@H](n4cnc5c(=O)[nH]c(NC(=O)COc6ccccc6)nc54)O[C@@H]3CO[Si](c3ccccc3)(c3ccccc3)C(C)(C)C)O2)c(=O)[nH]c1=O. The molecule has 7 N–H and O–H groups in total. The number of aliphatic hydroxyl groups is 2. The number of aliphatic hydroxyl groups excluding tert-OH is 1. The minimum absolute atomic E-state index is 0.0487. The fourth-order valence-corrected chi connectivity index (χ4v) is 18.0. The molecule has 2 saturated heterocycles. The van der Waals surface area contributed by atoms with Crippen LogP contribution in [-0.2, 0) is 38.6 Å². The number of aromatic amines is 2. The van der Waals surface area contributed by atoms with Crippen LogP contribution in [0.3, 0.4) is 0 Å². The highest BCUT2D eigenvalue weighted by Crippen LogP contribution is 2.52. The first-order valence-electron chi connectivity index (χ1n) is 24.3. The first kappa shape index (κ1) is 55.9. The van der Waals surface area contributed by atoms with E-state index in [1.54, 1.807) is 30.3 Å². The molecule has 0 aliphatic carbocycles. The number of aromatic nitrogens is 6. The Kier molecular flexibility index (Phi) is 16.1. The maximum atomic E-state index is 13.4. The summed E-state index contributed by atoms with van der Waals surface area (Å²) in [6.07, 6.45) is -3.82. The Balaban J connectivity index is 1.15. The average molecular weight is 1110 g/mol. The highest BCUT2D eigenvalue weighted by molar-refractivity contribution is 8.17. The van der Waals surface area contributed by atoms with Gasteiger partial charge < -0.3 is 33.3 Å². The number of anilines is 1. The molecule has 1 unspecified atom stereocenters. The highest BCUT2D eigenvalue weighted by Gasteiger charge is 2.59. The summed E-state index contributed by atoms with van der Waals surface area (Å²) in [6, 6.07) is 28.1. The first-order chi connectivity index (χ1) is 35.2. The molecule has 25 heteroatoms. The third kappa shape index (κ3) is 12.0. The molecule has 21 nitrogen and oxygen atoms in total. The number of fused-ring (bicyclic) bond motifs is 1. The van der Waals surface area contributed by atoms with Gasteiger partial charge in [-0.25, -0.2) is 14.3 Å². The van der Waals surface area contributed by atoms with Gasteiger partial charge in [0.15, 0.2) is 32.2 Å². The van der Waals surface area contributed by atoms with Gasteiger partial charge in [-0.15, -0.1) is 0 Å². The van der Waals surface area contributed by atoms with E-state index in [1.165, 1.54) is 28.6 Å². The Labute approximate surface area is 438 Å². The fourth-order valence-electron chi connectivity index (χ4n) is 9.13. The van der Waals surface area contributed by atoms with E-state index < -0.39 is 106 Å². The van der Waals surface area contributed by atoms with Crippen molar-refractivity contribution in [3.63, 3.8) is 0 Å². The number of hydrogen-bond acceptors (Lipinski definition) is 14. The maximum Gasteiger partial charge on any atom is 0.523 e. The molecule has 8 rings (SSSR count). The highest BCUT2D eigenvalue weighted by atomic mass is 32.5. The first-order valence-corrected chi connectivity index (χ1v) is 32.3. The van der Waals surface area contributed by atoms with Crippen molar-refractivity contribution in [2.45, 2.75) is 126 Å². The van der Waals surface area contributed by atoms with Crippen LogP contribution in [0.2, 0.25) is 23.2 Å². The van der Waals surface area contributed by atoms with Crippen LogP contribution >= 0.6 is 6.72 Å². The number of ether oxygens (including phenoxy) is 3. The topological polar surface area (TPSA) is 284 Å². The number of nitrogens with one attached hydrogen (secondary N) is 3. The Hall–Kier alpha value is -5.32. The number of carbonyl (C=O) groups excluding carboxylic acids is 1. The quantitative estimate of drug-likeness (QED) is 0.0290. The van der Waals surface area contributed by atoms with Gasteiger partial charge in [0, 0.05) is 18.2 Å². The monoisotopic (exact) mass is 1110 g/mol. The van der Waals surface area contributed by atoms with Gasteiger partial charge in [-0.3, -0.25) is 48.6 Å². The van der Waals surface area contributed by atoms with Crippen LogP contribution < -0.4 is 37.2 Å². The molecule has 402 valence electrons. The zero-order chi connectivity index (χ0) is 54.3. The molecular formula is C50H65N7O14PSSi2+. The van der Waals surface area contributed by atoms with Crippen molar-refractivity contribution < 1.29 is 52.4 Å². The molecule has 0 radical (unpaired) electrons. The van der Waals surface area contributed by atoms with E-state index in [9.17, 15) is 39.2 Å². The molecule has 3 aromatic heterocycles. The van der Waals surface area contributed by atoms with Crippen molar-refractivity contribution in [2.75, 3.05) is 18.5 Å². The number of benzene rings is 3. The molecule has 3 aromatic carbocycles. The van der Waals surface area contributed by atoms with Crippen LogP contribution in [0.4, 0.5) is 5.95 Å². The van der Waals surface area contributed by atoms with E-state index in [0.29, 0.717) is 5.75 Å². The summed E-state index contributed by atoms with van der Waals surface area (Å²) < 4.78 is 41.1. The lowest BCUT2D eigenvalue weighted by atomic mass is 10.1. The summed E-state index contributed by atoms with van der Waals surface area (Å²) in [7, 11) is -5.78. The summed E-state index contributed by atoms with van der Waals surface area (Å²) in [5, 5.41) is 28.4. The molecule has 2 fully saturated rings. The lowest BCUT2D eigenvalue weighted by Crippen LogP contribution is -2.67.